The summed E-state index contributed by atoms with van der Waals surface area (Å²) in [5.41, 5.74) is -1.64. The van der Waals surface area contributed by atoms with Gasteiger partial charge in [0.2, 0.25) is 0 Å². The van der Waals surface area contributed by atoms with Gasteiger partial charge in [-0.1, -0.05) is 11.6 Å². The van der Waals surface area contributed by atoms with Crippen LogP contribution in [-0.2, 0) is 14.6 Å². The second kappa shape index (κ2) is 12.3. The minimum atomic E-state index is -4.04. The van der Waals surface area contributed by atoms with E-state index in [1.165, 1.54) is 12.1 Å². The van der Waals surface area contributed by atoms with Crippen LogP contribution in [0.3, 0.4) is 0 Å². The van der Waals surface area contributed by atoms with E-state index < -0.39 is 44.0 Å². The van der Waals surface area contributed by atoms with E-state index in [1.54, 1.807) is 0 Å². The maximum Gasteiger partial charge on any atom is 0.255 e. The number of halogens is 4. The van der Waals surface area contributed by atoms with E-state index in [2.05, 4.69) is 10.6 Å². The van der Waals surface area contributed by atoms with E-state index in [4.69, 9.17) is 21.4 Å². The number of aliphatic hydroxyl groups excluding tert-OH is 1. The van der Waals surface area contributed by atoms with Crippen LogP contribution in [0.4, 0.5) is 18.9 Å². The second-order valence-electron chi connectivity index (χ2n) is 10.7. The molecule has 13 heteroatoms. The highest BCUT2D eigenvalue weighted by Gasteiger charge is 2.54. The number of amides is 1. The standard InChI is InChI=1S/C27H32ClF3N2O6S/c1-15(13-34)32-6-7-39-14-27(36)11-17-2-3-18(12-27)25(17)40(37,38)23-8-16(4-5-20(23)28)26(35)33-19-9-21(29)24(31)22(30)10-19/h4-5,8-10,15,17-18,25,32,34,36H,2-3,6-7,11-14H2,1H3,(H,33,35). The molecule has 4 rings (SSSR count). The van der Waals surface area contributed by atoms with E-state index in [1.807, 2.05) is 6.92 Å². The molecule has 2 aliphatic rings. The molecule has 2 fully saturated rings. The zero-order valence-corrected chi connectivity index (χ0v) is 23.4. The minimum absolute atomic E-state index is 0.00499. The van der Waals surface area contributed by atoms with Crippen molar-refractivity contribution in [2.24, 2.45) is 11.8 Å². The van der Waals surface area contributed by atoms with Gasteiger partial charge in [-0.25, -0.2) is 21.6 Å². The first kappa shape index (κ1) is 30.7. The van der Waals surface area contributed by atoms with Crippen molar-refractivity contribution in [1.29, 1.82) is 0 Å². The Kier molecular flexibility index (Phi) is 9.48. The molecule has 1 amide bonds. The van der Waals surface area contributed by atoms with E-state index in [0.29, 0.717) is 38.1 Å². The van der Waals surface area contributed by atoms with Crippen molar-refractivity contribution < 1.29 is 41.3 Å². The van der Waals surface area contributed by atoms with Crippen LogP contribution in [0.15, 0.2) is 35.2 Å². The van der Waals surface area contributed by atoms with Crippen LogP contribution >= 0.6 is 11.6 Å². The van der Waals surface area contributed by atoms with Crippen LogP contribution in [0.1, 0.15) is 43.0 Å². The Morgan fingerprint density at radius 3 is 2.38 bits per heavy atom. The third kappa shape index (κ3) is 6.63. The Hall–Kier alpha value is -2.22. The molecule has 0 heterocycles. The second-order valence-corrected chi connectivity index (χ2v) is 13.2. The average Bonchev–Trinajstić information content (AvgIpc) is 3.20. The van der Waals surface area contributed by atoms with Crippen LogP contribution in [0, 0.1) is 29.3 Å². The molecule has 2 bridgehead atoms. The molecule has 4 N–H and O–H groups in total. The Balaban J connectivity index is 1.47. The smallest absolute Gasteiger partial charge is 0.255 e. The monoisotopic (exact) mass is 604 g/mol. The van der Waals surface area contributed by atoms with Crippen LogP contribution < -0.4 is 10.6 Å². The normalized spacial score (nSPS) is 25.1. The molecule has 2 aromatic carbocycles. The summed E-state index contributed by atoms with van der Waals surface area (Å²) in [6, 6.07) is 4.80. The molecule has 2 aromatic rings. The molecule has 0 spiro atoms. The summed E-state index contributed by atoms with van der Waals surface area (Å²) < 4.78 is 73.7. The number of anilines is 1. The van der Waals surface area contributed by atoms with Crippen LogP contribution in [0.2, 0.25) is 5.02 Å². The number of sulfone groups is 1. The number of carbonyl (C=O) groups excluding carboxylic acids is 1. The highest BCUT2D eigenvalue weighted by atomic mass is 35.5. The fourth-order valence-corrected chi connectivity index (χ4v) is 8.65. The third-order valence-corrected chi connectivity index (χ3v) is 10.5. The predicted molar refractivity (Wildman–Crippen MR) is 142 cm³/mol. The zero-order chi connectivity index (χ0) is 29.2. The fraction of sp³-hybridized carbons (Fsp3) is 0.519. The molecule has 40 heavy (non-hydrogen) atoms. The molecule has 8 nitrogen and oxygen atoms in total. The molecule has 2 aliphatic carbocycles. The molecule has 220 valence electrons. The van der Waals surface area contributed by atoms with Gasteiger partial charge in [0.25, 0.3) is 5.91 Å². The van der Waals surface area contributed by atoms with Gasteiger partial charge in [-0.05, 0) is 62.6 Å². The number of aliphatic hydroxyl groups is 2. The maximum absolute atomic E-state index is 13.8. The number of rotatable bonds is 11. The van der Waals surface area contributed by atoms with Crippen molar-refractivity contribution in [3.63, 3.8) is 0 Å². The average molecular weight is 605 g/mol. The summed E-state index contributed by atoms with van der Waals surface area (Å²) >= 11 is 6.28. The number of hydrogen-bond donors (Lipinski definition) is 4. The fourth-order valence-electron chi connectivity index (χ4n) is 5.81. The van der Waals surface area contributed by atoms with Gasteiger partial charge >= 0.3 is 0 Å². The number of carbonyl (C=O) groups is 1. The summed E-state index contributed by atoms with van der Waals surface area (Å²) in [4.78, 5) is 12.5. The predicted octanol–water partition coefficient (Wildman–Crippen LogP) is 3.69. The first-order chi connectivity index (χ1) is 18.8. The Morgan fingerprint density at radius 1 is 1.15 bits per heavy atom. The summed E-state index contributed by atoms with van der Waals surface area (Å²) in [5, 5.41) is 24.7. The van der Waals surface area contributed by atoms with Gasteiger partial charge < -0.3 is 25.6 Å². The molecular weight excluding hydrogens is 573 g/mol. The summed E-state index contributed by atoms with van der Waals surface area (Å²) in [6.07, 6.45) is 1.67. The van der Waals surface area contributed by atoms with Crippen molar-refractivity contribution in [3.8, 4) is 0 Å². The third-order valence-electron chi connectivity index (χ3n) is 7.61. The molecule has 0 radical (unpaired) electrons. The molecule has 0 aromatic heterocycles. The van der Waals surface area contributed by atoms with E-state index in [9.17, 15) is 31.5 Å². The lowest BCUT2D eigenvalue weighted by molar-refractivity contribution is -0.0821. The lowest BCUT2D eigenvalue weighted by Crippen LogP contribution is -2.48. The summed E-state index contributed by atoms with van der Waals surface area (Å²) in [6.45, 7) is 2.70. The van der Waals surface area contributed by atoms with Gasteiger partial charge in [0, 0.05) is 36.0 Å². The number of hydrogen-bond acceptors (Lipinski definition) is 7. The minimum Gasteiger partial charge on any atom is -0.395 e. The maximum atomic E-state index is 13.8. The molecular formula is C27H32ClF3N2O6S. The lowest BCUT2D eigenvalue weighted by atomic mass is 9.77. The van der Waals surface area contributed by atoms with E-state index in [0.717, 1.165) is 6.07 Å². The zero-order valence-electron chi connectivity index (χ0n) is 21.8. The highest BCUT2D eigenvalue weighted by molar-refractivity contribution is 7.92. The first-order valence-electron chi connectivity index (χ1n) is 13.0. The molecule has 3 unspecified atom stereocenters. The number of fused-ring (bicyclic) bond motifs is 2. The van der Waals surface area contributed by atoms with Crippen molar-refractivity contribution in [2.75, 3.05) is 31.7 Å². The van der Waals surface area contributed by atoms with Crippen molar-refractivity contribution >= 4 is 33.0 Å². The highest BCUT2D eigenvalue weighted by Crippen LogP contribution is 2.51. The Labute approximate surface area is 235 Å². The Bertz CT molecular complexity index is 1320. The number of ether oxygens (including phenoxy) is 1. The van der Waals surface area contributed by atoms with E-state index in [-0.39, 0.29) is 65.1 Å². The van der Waals surface area contributed by atoms with E-state index >= 15 is 0 Å². The van der Waals surface area contributed by atoms with Crippen molar-refractivity contribution in [1.82, 2.24) is 5.32 Å². The molecule has 2 saturated carbocycles. The quantitative estimate of drug-likeness (QED) is 0.228. The van der Waals surface area contributed by atoms with Crippen LogP contribution in [-0.4, -0.2) is 67.8 Å². The topological polar surface area (TPSA) is 125 Å². The summed E-state index contributed by atoms with van der Waals surface area (Å²) in [5.74, 6) is -6.20. The Morgan fingerprint density at radius 2 is 1.77 bits per heavy atom. The largest absolute Gasteiger partial charge is 0.395 e. The molecule has 0 saturated heterocycles. The first-order valence-corrected chi connectivity index (χ1v) is 14.9. The lowest BCUT2D eigenvalue weighted by Gasteiger charge is -2.40. The van der Waals surface area contributed by atoms with Crippen molar-refractivity contribution in [2.45, 2.75) is 54.4 Å². The van der Waals surface area contributed by atoms with Crippen molar-refractivity contribution in [3.05, 3.63) is 58.4 Å². The van der Waals surface area contributed by atoms with Gasteiger partial charge in [0.05, 0.1) is 40.6 Å². The van der Waals surface area contributed by atoms with Crippen LogP contribution in [0.5, 0.6) is 0 Å². The van der Waals surface area contributed by atoms with Gasteiger partial charge in [-0.3, -0.25) is 4.79 Å². The number of nitrogens with one attached hydrogen (secondary N) is 2. The van der Waals surface area contributed by atoms with Crippen LogP contribution in [0.25, 0.3) is 0 Å². The molecule has 0 aliphatic heterocycles. The summed E-state index contributed by atoms with van der Waals surface area (Å²) in [7, 11) is -4.04. The molecule has 3 atom stereocenters. The SMILES string of the molecule is CC(CO)NCCOCC1(O)CC2CCC(C1)C2S(=O)(=O)c1cc(C(=O)Nc2cc(F)c(F)c(F)c2)ccc1Cl. The number of benzene rings is 2. The van der Waals surface area contributed by atoms with Gasteiger partial charge in [-0.2, -0.15) is 0 Å². The van der Waals surface area contributed by atoms with Gasteiger partial charge in [0.1, 0.15) is 0 Å². The van der Waals surface area contributed by atoms with Gasteiger partial charge in [0.15, 0.2) is 27.3 Å². The van der Waals surface area contributed by atoms with Gasteiger partial charge in [-0.15, -0.1) is 0 Å².